The fraction of sp³-hybridized carbons (Fsp3) is 0.824. The van der Waals surface area contributed by atoms with Crippen LogP contribution in [0.2, 0.25) is 0 Å². The maximum atomic E-state index is 2.30. The van der Waals surface area contributed by atoms with Gasteiger partial charge in [-0.1, -0.05) is 217 Å². The van der Waals surface area contributed by atoms with Gasteiger partial charge in [-0.15, -0.1) is 0 Å². The Balaban J connectivity index is 0.00000156. The van der Waals surface area contributed by atoms with E-state index in [1.165, 1.54) is 167 Å². The fourth-order valence-electron chi connectivity index (χ4n) is 4.77. The Bertz CT molecular complexity index is 370. The molecule has 1 aromatic carbocycles. The minimum Gasteiger partial charge on any atom is -0.0654 e. The van der Waals surface area contributed by atoms with Gasteiger partial charge in [0.15, 0.2) is 0 Å². The molecule has 0 heteroatoms. The molecule has 0 amide bonds. The van der Waals surface area contributed by atoms with Gasteiger partial charge in [0.1, 0.15) is 0 Å². The van der Waals surface area contributed by atoms with Gasteiger partial charge in [-0.25, -0.2) is 0 Å². The summed E-state index contributed by atoms with van der Waals surface area (Å²) in [7, 11) is 0. The highest BCUT2D eigenvalue weighted by Gasteiger charge is 1.96. The molecule has 0 spiro atoms. The van der Waals surface area contributed by atoms with E-state index in [9.17, 15) is 0 Å². The van der Waals surface area contributed by atoms with E-state index in [0.29, 0.717) is 0 Å². The molecule has 0 heterocycles. The van der Waals surface area contributed by atoms with E-state index in [4.69, 9.17) is 0 Å². The van der Waals surface area contributed by atoms with E-state index >= 15 is 0 Å². The molecule has 1 aromatic rings. The maximum absolute atomic E-state index is 2.30. The van der Waals surface area contributed by atoms with Crippen molar-refractivity contribution < 1.29 is 0 Å². The van der Waals surface area contributed by atoms with Crippen molar-refractivity contribution in [1.82, 2.24) is 0 Å². The van der Waals surface area contributed by atoms with Crippen LogP contribution in [0.5, 0.6) is 0 Å². The molecule has 0 N–H and O–H groups in total. The van der Waals surface area contributed by atoms with Crippen LogP contribution in [0.15, 0.2) is 36.4 Å². The Morgan fingerprint density at radius 2 is 0.324 bits per heavy atom. The molecule has 0 unspecified atom stereocenters. The van der Waals surface area contributed by atoms with Crippen LogP contribution < -0.4 is 0 Å². The Morgan fingerprint density at radius 1 is 0.206 bits per heavy atom. The van der Waals surface area contributed by atoms with E-state index in [0.717, 1.165) is 0 Å². The second-order valence-corrected chi connectivity index (χ2v) is 10.6. The third-order valence-corrected chi connectivity index (χ3v) is 7.12. The smallest absolute Gasteiger partial charge is 0.0533 e. The highest BCUT2D eigenvalue weighted by molar-refractivity contribution is 4.99. The first-order valence-corrected chi connectivity index (χ1v) is 15.9. The lowest BCUT2D eigenvalue weighted by atomic mass is 10.0. The zero-order valence-electron chi connectivity index (χ0n) is 23.8. The van der Waals surface area contributed by atoms with Gasteiger partial charge in [-0.2, -0.15) is 0 Å². The molecule has 0 fully saturated rings. The van der Waals surface area contributed by atoms with Crippen molar-refractivity contribution in [2.75, 3.05) is 0 Å². The van der Waals surface area contributed by atoms with Gasteiger partial charge >= 0.3 is 0 Å². The summed E-state index contributed by atoms with van der Waals surface area (Å²) >= 11 is 0. The number of benzene rings is 1. The molecule has 0 saturated carbocycles. The monoisotopic (exact) mass is 473 g/mol. The van der Waals surface area contributed by atoms with Gasteiger partial charge in [0.05, 0.1) is 0 Å². The molecule has 0 aliphatic rings. The van der Waals surface area contributed by atoms with E-state index in [1.54, 1.807) is 0 Å². The Hall–Kier alpha value is -0.780. The minimum atomic E-state index is 1.37. The summed E-state index contributed by atoms with van der Waals surface area (Å²) in [5.74, 6) is 0. The quantitative estimate of drug-likeness (QED) is 0.124. The van der Waals surface area contributed by atoms with E-state index in [2.05, 4.69) is 13.8 Å². The minimum absolute atomic E-state index is 1.37. The summed E-state index contributed by atoms with van der Waals surface area (Å²) in [5, 5.41) is 0. The van der Waals surface area contributed by atoms with Gasteiger partial charge in [-0.05, 0) is 0 Å². The van der Waals surface area contributed by atoms with E-state index < -0.39 is 0 Å². The Morgan fingerprint density at radius 3 is 0.441 bits per heavy atom. The van der Waals surface area contributed by atoms with Crippen LogP contribution in [0, 0.1) is 0 Å². The molecular formula is C34H64. The predicted molar refractivity (Wildman–Crippen MR) is 158 cm³/mol. The number of hydrogen-bond donors (Lipinski definition) is 0. The maximum Gasteiger partial charge on any atom is -0.0533 e. The van der Waals surface area contributed by atoms with Crippen LogP contribution in [0.25, 0.3) is 0 Å². The lowest BCUT2D eigenvalue weighted by molar-refractivity contribution is 0.516. The molecular weight excluding hydrogens is 408 g/mol. The molecule has 0 aliphatic heterocycles. The summed E-state index contributed by atoms with van der Waals surface area (Å²) < 4.78 is 0. The molecule has 0 nitrogen and oxygen atoms in total. The average molecular weight is 473 g/mol. The summed E-state index contributed by atoms with van der Waals surface area (Å²) in [6, 6.07) is 12.0. The zero-order chi connectivity index (χ0) is 24.6. The van der Waals surface area contributed by atoms with Crippen LogP contribution in [0.1, 0.15) is 181 Å². The Labute approximate surface area is 217 Å². The molecule has 1 rings (SSSR count). The zero-order valence-corrected chi connectivity index (χ0v) is 23.8. The summed E-state index contributed by atoms with van der Waals surface area (Å²) in [6.45, 7) is 4.61. The van der Waals surface area contributed by atoms with Crippen molar-refractivity contribution in [2.24, 2.45) is 0 Å². The third-order valence-electron chi connectivity index (χ3n) is 7.12. The molecule has 0 aliphatic carbocycles. The van der Waals surface area contributed by atoms with Crippen molar-refractivity contribution in [3.05, 3.63) is 36.4 Å². The molecule has 0 saturated heterocycles. The lowest BCUT2D eigenvalue weighted by Gasteiger charge is -2.04. The second-order valence-electron chi connectivity index (χ2n) is 10.6. The van der Waals surface area contributed by atoms with Gasteiger partial charge in [0.25, 0.3) is 0 Å². The van der Waals surface area contributed by atoms with Crippen molar-refractivity contribution in [3.63, 3.8) is 0 Å². The normalized spacial score (nSPS) is 10.8. The van der Waals surface area contributed by atoms with Crippen molar-refractivity contribution in [2.45, 2.75) is 181 Å². The molecule has 0 aromatic heterocycles. The van der Waals surface area contributed by atoms with Crippen LogP contribution in [-0.2, 0) is 0 Å². The molecule has 200 valence electrons. The highest BCUT2D eigenvalue weighted by Crippen LogP contribution is 2.15. The topological polar surface area (TPSA) is 0 Å². The number of rotatable bonds is 25. The summed E-state index contributed by atoms with van der Waals surface area (Å²) in [4.78, 5) is 0. The standard InChI is InChI=1S/C28H58.C6H6/c1-3-5-7-9-11-13-15-17-19-21-23-25-27-28-26-24-22-20-18-16-14-12-10-8-6-4-2;1-2-4-6-5-3-1/h3-28H2,1-2H3;1-6H. The van der Waals surface area contributed by atoms with Crippen molar-refractivity contribution in [3.8, 4) is 0 Å². The van der Waals surface area contributed by atoms with Crippen LogP contribution >= 0.6 is 0 Å². The van der Waals surface area contributed by atoms with Crippen LogP contribution in [0.4, 0.5) is 0 Å². The first-order valence-electron chi connectivity index (χ1n) is 15.9. The summed E-state index contributed by atoms with van der Waals surface area (Å²) in [6.07, 6.45) is 38.4. The lowest BCUT2D eigenvalue weighted by Crippen LogP contribution is -1.84. The molecule has 0 bridgehead atoms. The fourth-order valence-corrected chi connectivity index (χ4v) is 4.77. The van der Waals surface area contributed by atoms with Crippen LogP contribution in [0.3, 0.4) is 0 Å². The van der Waals surface area contributed by atoms with Crippen molar-refractivity contribution in [1.29, 1.82) is 0 Å². The first kappa shape index (κ1) is 33.2. The van der Waals surface area contributed by atoms with Gasteiger partial charge in [-0.3, -0.25) is 0 Å². The highest BCUT2D eigenvalue weighted by atomic mass is 14.0. The third kappa shape index (κ3) is 31.2. The molecule has 0 radical (unpaired) electrons. The van der Waals surface area contributed by atoms with Crippen LogP contribution in [-0.4, -0.2) is 0 Å². The number of unbranched alkanes of at least 4 members (excludes halogenated alkanes) is 25. The van der Waals surface area contributed by atoms with E-state index in [-0.39, 0.29) is 0 Å². The van der Waals surface area contributed by atoms with Gasteiger partial charge < -0.3 is 0 Å². The first-order chi connectivity index (χ1) is 16.9. The van der Waals surface area contributed by atoms with Gasteiger partial charge in [0.2, 0.25) is 0 Å². The SMILES string of the molecule is CCCCCCCCCCCCCCCCCCCCCCCCCCCC.c1ccccc1. The summed E-state index contributed by atoms with van der Waals surface area (Å²) in [5.41, 5.74) is 0. The second kappa shape index (κ2) is 32.2. The van der Waals surface area contributed by atoms with E-state index in [1.807, 2.05) is 36.4 Å². The molecule has 0 atom stereocenters. The largest absolute Gasteiger partial charge is 0.0654 e. The number of hydrogen-bond acceptors (Lipinski definition) is 0. The molecule has 34 heavy (non-hydrogen) atoms. The predicted octanol–water partition coefficient (Wildman–Crippen LogP) is 12.9. The van der Waals surface area contributed by atoms with Crippen molar-refractivity contribution >= 4 is 0 Å². The average Bonchev–Trinajstić information content (AvgIpc) is 2.88. The van der Waals surface area contributed by atoms with Gasteiger partial charge in [0, 0.05) is 0 Å². The Kier molecular flexibility index (Phi) is 31.5.